The molecule has 0 aromatic heterocycles. The molecule has 0 radical (unpaired) electrons. The van der Waals surface area contributed by atoms with Crippen molar-refractivity contribution in [1.82, 2.24) is 0 Å². The first-order valence-corrected chi connectivity index (χ1v) is 4.88. The molecule has 1 N–H and O–H groups in total. The second-order valence-corrected chi connectivity index (χ2v) is 3.90. The second kappa shape index (κ2) is 3.56. The zero-order chi connectivity index (χ0) is 10.1. The Hall–Kier alpha value is -1.12. The predicted octanol–water partition coefficient (Wildman–Crippen LogP) is 3.18. The lowest BCUT2D eigenvalue weighted by Crippen LogP contribution is -2.17. The highest BCUT2D eigenvalue weighted by Gasteiger charge is 2.27. The van der Waals surface area contributed by atoms with Crippen LogP contribution >= 0.6 is 0 Å². The highest BCUT2D eigenvalue weighted by atomic mass is 19.2. The Kier molecular flexibility index (Phi) is 2.40. The lowest BCUT2D eigenvalue weighted by molar-refractivity contribution is 0.508. The molecular formula is C11H13F2N. The molecule has 1 aliphatic rings. The third-order valence-corrected chi connectivity index (χ3v) is 2.64. The van der Waals surface area contributed by atoms with Crippen LogP contribution in [0.25, 0.3) is 0 Å². The summed E-state index contributed by atoms with van der Waals surface area (Å²) >= 11 is 0. The molecule has 0 saturated heterocycles. The number of benzene rings is 1. The van der Waals surface area contributed by atoms with E-state index in [2.05, 4.69) is 12.2 Å². The van der Waals surface area contributed by atoms with Crippen LogP contribution in [0, 0.1) is 17.6 Å². The van der Waals surface area contributed by atoms with E-state index in [1.807, 2.05) is 0 Å². The largest absolute Gasteiger partial charge is 0.382 e. The summed E-state index contributed by atoms with van der Waals surface area (Å²) in [6, 6.07) is 4.27. The molecule has 1 aromatic carbocycles. The minimum absolute atomic E-state index is 0.347. The Morgan fingerprint density at radius 2 is 2.00 bits per heavy atom. The molecule has 1 aliphatic carbocycles. The van der Waals surface area contributed by atoms with Crippen LogP contribution in [0.1, 0.15) is 19.8 Å². The van der Waals surface area contributed by atoms with Crippen molar-refractivity contribution in [1.29, 1.82) is 0 Å². The van der Waals surface area contributed by atoms with Crippen LogP contribution in [0.5, 0.6) is 0 Å². The van der Waals surface area contributed by atoms with E-state index >= 15 is 0 Å². The Labute approximate surface area is 82.1 Å². The molecule has 3 heteroatoms. The fourth-order valence-electron chi connectivity index (χ4n) is 1.56. The van der Waals surface area contributed by atoms with Crippen molar-refractivity contribution < 1.29 is 8.78 Å². The van der Waals surface area contributed by atoms with Gasteiger partial charge in [-0.05, 0) is 37.8 Å². The van der Waals surface area contributed by atoms with Gasteiger partial charge in [0.15, 0.2) is 11.6 Å². The molecular weight excluding hydrogens is 184 g/mol. The van der Waals surface area contributed by atoms with E-state index in [4.69, 9.17) is 0 Å². The third-order valence-electron chi connectivity index (χ3n) is 2.64. The van der Waals surface area contributed by atoms with Gasteiger partial charge in [-0.2, -0.15) is 0 Å². The lowest BCUT2D eigenvalue weighted by Gasteiger charge is -2.14. The van der Waals surface area contributed by atoms with Crippen LogP contribution in [0.4, 0.5) is 14.5 Å². The van der Waals surface area contributed by atoms with Gasteiger partial charge >= 0.3 is 0 Å². The Bertz CT molecular complexity index is 334. The Morgan fingerprint density at radius 1 is 1.29 bits per heavy atom. The molecule has 0 amide bonds. The summed E-state index contributed by atoms with van der Waals surface area (Å²) in [5.41, 5.74) is 0.656. The molecule has 0 spiro atoms. The van der Waals surface area contributed by atoms with E-state index < -0.39 is 11.6 Å². The average molecular weight is 197 g/mol. The van der Waals surface area contributed by atoms with Crippen molar-refractivity contribution in [3.63, 3.8) is 0 Å². The van der Waals surface area contributed by atoms with Crippen LogP contribution < -0.4 is 5.32 Å². The summed E-state index contributed by atoms with van der Waals surface area (Å²) < 4.78 is 25.4. The first kappa shape index (κ1) is 9.44. The van der Waals surface area contributed by atoms with Gasteiger partial charge in [0.25, 0.3) is 0 Å². The summed E-state index contributed by atoms with van der Waals surface area (Å²) in [7, 11) is 0. The molecule has 1 aromatic rings. The zero-order valence-corrected chi connectivity index (χ0v) is 8.06. The smallest absolute Gasteiger partial charge is 0.160 e. The van der Waals surface area contributed by atoms with Crippen LogP contribution in [0.3, 0.4) is 0 Å². The molecule has 76 valence electrons. The maximum atomic E-state index is 12.8. The minimum atomic E-state index is -0.797. The molecule has 0 heterocycles. The second-order valence-electron chi connectivity index (χ2n) is 3.90. The van der Waals surface area contributed by atoms with Crippen LogP contribution in [-0.4, -0.2) is 6.04 Å². The normalized spacial score (nSPS) is 17.9. The first-order chi connectivity index (χ1) is 6.66. The van der Waals surface area contributed by atoms with Gasteiger partial charge in [-0.15, -0.1) is 0 Å². The first-order valence-electron chi connectivity index (χ1n) is 4.88. The number of rotatable bonds is 3. The fourth-order valence-corrected chi connectivity index (χ4v) is 1.56. The summed E-state index contributed by atoms with van der Waals surface area (Å²) in [5, 5.41) is 3.17. The van der Waals surface area contributed by atoms with Gasteiger partial charge in [0.2, 0.25) is 0 Å². The Morgan fingerprint density at radius 3 is 2.57 bits per heavy atom. The lowest BCUT2D eigenvalue weighted by atomic mass is 10.2. The minimum Gasteiger partial charge on any atom is -0.382 e. The number of halogens is 2. The van der Waals surface area contributed by atoms with E-state index in [9.17, 15) is 8.78 Å². The quantitative estimate of drug-likeness (QED) is 0.784. The average Bonchev–Trinajstić information content (AvgIpc) is 2.94. The van der Waals surface area contributed by atoms with Crippen LogP contribution in [0.2, 0.25) is 0 Å². The number of hydrogen-bond acceptors (Lipinski definition) is 1. The molecule has 1 atom stereocenters. The topological polar surface area (TPSA) is 12.0 Å². The highest BCUT2D eigenvalue weighted by molar-refractivity contribution is 5.44. The molecule has 0 bridgehead atoms. The van der Waals surface area contributed by atoms with Crippen LogP contribution in [-0.2, 0) is 0 Å². The summed E-state index contributed by atoms with van der Waals surface area (Å²) in [6.45, 7) is 2.07. The van der Waals surface area contributed by atoms with Gasteiger partial charge in [-0.1, -0.05) is 0 Å². The summed E-state index contributed by atoms with van der Waals surface area (Å²) in [4.78, 5) is 0. The van der Waals surface area contributed by atoms with Crippen molar-refractivity contribution in [2.24, 2.45) is 5.92 Å². The van der Waals surface area contributed by atoms with E-state index in [1.54, 1.807) is 6.07 Å². The SMILES string of the molecule is CC(Nc1ccc(F)c(F)c1)C1CC1. The fraction of sp³-hybridized carbons (Fsp3) is 0.455. The molecule has 1 saturated carbocycles. The van der Waals surface area contributed by atoms with Gasteiger partial charge in [0.05, 0.1) is 0 Å². The van der Waals surface area contributed by atoms with Crippen LogP contribution in [0.15, 0.2) is 18.2 Å². The maximum Gasteiger partial charge on any atom is 0.160 e. The van der Waals surface area contributed by atoms with Crippen molar-refractivity contribution in [2.45, 2.75) is 25.8 Å². The molecule has 1 unspecified atom stereocenters. The van der Waals surface area contributed by atoms with Gasteiger partial charge in [0, 0.05) is 17.8 Å². The van der Waals surface area contributed by atoms with E-state index in [0.29, 0.717) is 17.6 Å². The number of anilines is 1. The van der Waals surface area contributed by atoms with E-state index in [0.717, 1.165) is 6.07 Å². The number of hydrogen-bond donors (Lipinski definition) is 1. The van der Waals surface area contributed by atoms with Gasteiger partial charge in [-0.25, -0.2) is 8.78 Å². The van der Waals surface area contributed by atoms with Crippen molar-refractivity contribution >= 4 is 5.69 Å². The third kappa shape index (κ3) is 2.03. The number of nitrogens with one attached hydrogen (secondary N) is 1. The summed E-state index contributed by atoms with van der Waals surface area (Å²) in [6.07, 6.45) is 2.47. The molecule has 14 heavy (non-hydrogen) atoms. The van der Waals surface area contributed by atoms with Gasteiger partial charge < -0.3 is 5.32 Å². The van der Waals surface area contributed by atoms with E-state index in [1.165, 1.54) is 18.9 Å². The van der Waals surface area contributed by atoms with Crippen molar-refractivity contribution in [2.75, 3.05) is 5.32 Å². The van der Waals surface area contributed by atoms with Gasteiger partial charge in [0.1, 0.15) is 0 Å². The Balaban J connectivity index is 2.04. The molecule has 1 nitrogen and oxygen atoms in total. The predicted molar refractivity (Wildman–Crippen MR) is 52.2 cm³/mol. The molecule has 2 rings (SSSR count). The van der Waals surface area contributed by atoms with Crippen molar-refractivity contribution in [3.05, 3.63) is 29.8 Å². The monoisotopic (exact) mass is 197 g/mol. The van der Waals surface area contributed by atoms with E-state index in [-0.39, 0.29) is 0 Å². The molecule has 0 aliphatic heterocycles. The van der Waals surface area contributed by atoms with Gasteiger partial charge in [-0.3, -0.25) is 0 Å². The summed E-state index contributed by atoms with van der Waals surface area (Å²) in [5.74, 6) is -0.893. The van der Waals surface area contributed by atoms with Crippen molar-refractivity contribution in [3.8, 4) is 0 Å². The standard InChI is InChI=1S/C11H13F2N/c1-7(8-2-3-8)14-9-4-5-10(12)11(13)6-9/h4-8,14H,2-3H2,1H3. The zero-order valence-electron chi connectivity index (χ0n) is 8.06. The highest BCUT2D eigenvalue weighted by Crippen LogP contribution is 2.34. The molecule has 1 fully saturated rings. The maximum absolute atomic E-state index is 12.8.